The van der Waals surface area contributed by atoms with Crippen molar-refractivity contribution in [3.05, 3.63) is 35.4 Å². The van der Waals surface area contributed by atoms with Gasteiger partial charge in [0.15, 0.2) is 0 Å². The molecule has 1 fully saturated rings. The third kappa shape index (κ3) is 3.66. The molecule has 0 nitrogen and oxygen atoms in total. The highest BCUT2D eigenvalue weighted by atomic mass is 14.2. The Kier molecular flexibility index (Phi) is 6.22. The molecule has 1 saturated carbocycles. The number of hydrogen-bond acceptors (Lipinski definition) is 0. The average molecular weight is 218 g/mol. The third-order valence-corrected chi connectivity index (χ3v) is 3.44. The Morgan fingerprint density at radius 1 is 1.06 bits per heavy atom. The maximum atomic E-state index is 2.41. The predicted molar refractivity (Wildman–Crippen MR) is 73.0 cm³/mol. The van der Waals surface area contributed by atoms with E-state index in [4.69, 9.17) is 0 Å². The van der Waals surface area contributed by atoms with Gasteiger partial charge in [0.25, 0.3) is 0 Å². The van der Waals surface area contributed by atoms with Crippen LogP contribution in [0.3, 0.4) is 0 Å². The van der Waals surface area contributed by atoms with Crippen molar-refractivity contribution in [1.29, 1.82) is 0 Å². The van der Waals surface area contributed by atoms with Gasteiger partial charge < -0.3 is 0 Å². The summed E-state index contributed by atoms with van der Waals surface area (Å²) >= 11 is 0. The van der Waals surface area contributed by atoms with Gasteiger partial charge in [0.1, 0.15) is 0 Å². The summed E-state index contributed by atoms with van der Waals surface area (Å²) in [6, 6.07) is 9.19. The zero-order chi connectivity index (χ0) is 11.8. The average Bonchev–Trinajstić information content (AvgIpc) is 2.42. The standard InChI is InChI=1S/C14H20.C2H6/c1-2-12-7-6-10-14(11-12)13-8-4-3-5-9-13;1-2/h6-7,10-11,13H,2-5,8-9H2,1H3;1-2H3. The van der Waals surface area contributed by atoms with Crippen LogP contribution in [0.4, 0.5) is 0 Å². The first-order valence-electron chi connectivity index (χ1n) is 6.99. The molecular formula is C16H26. The van der Waals surface area contributed by atoms with E-state index in [1.54, 1.807) is 5.56 Å². The van der Waals surface area contributed by atoms with Crippen LogP contribution >= 0.6 is 0 Å². The van der Waals surface area contributed by atoms with Crippen LogP contribution in [-0.2, 0) is 6.42 Å². The normalized spacial score (nSPS) is 16.4. The molecule has 0 atom stereocenters. The fraction of sp³-hybridized carbons (Fsp3) is 0.625. The van der Waals surface area contributed by atoms with Crippen molar-refractivity contribution in [2.75, 3.05) is 0 Å². The topological polar surface area (TPSA) is 0 Å². The molecule has 0 N–H and O–H groups in total. The molecule has 0 unspecified atom stereocenters. The second-order valence-electron chi connectivity index (χ2n) is 4.43. The van der Waals surface area contributed by atoms with E-state index in [0.29, 0.717) is 0 Å². The van der Waals surface area contributed by atoms with Crippen molar-refractivity contribution in [2.45, 2.75) is 65.2 Å². The van der Waals surface area contributed by atoms with Crippen LogP contribution < -0.4 is 0 Å². The second kappa shape index (κ2) is 7.49. The van der Waals surface area contributed by atoms with Crippen LogP contribution in [0.25, 0.3) is 0 Å². The summed E-state index contributed by atoms with van der Waals surface area (Å²) in [5, 5.41) is 0. The van der Waals surface area contributed by atoms with Gasteiger partial charge in [0.05, 0.1) is 0 Å². The highest BCUT2D eigenvalue weighted by molar-refractivity contribution is 5.26. The molecule has 90 valence electrons. The first-order valence-corrected chi connectivity index (χ1v) is 6.99. The van der Waals surface area contributed by atoms with Crippen molar-refractivity contribution < 1.29 is 0 Å². The molecule has 2 rings (SSSR count). The van der Waals surface area contributed by atoms with Gasteiger partial charge in [0, 0.05) is 0 Å². The Hall–Kier alpha value is -0.780. The number of benzene rings is 1. The largest absolute Gasteiger partial charge is 0.0683 e. The highest BCUT2D eigenvalue weighted by Crippen LogP contribution is 2.32. The Balaban J connectivity index is 0.000000606. The van der Waals surface area contributed by atoms with E-state index in [1.165, 1.54) is 44.1 Å². The summed E-state index contributed by atoms with van der Waals surface area (Å²) in [5.41, 5.74) is 3.08. The SMILES string of the molecule is CC.CCc1cccc(C2CCCCC2)c1. The monoisotopic (exact) mass is 218 g/mol. The van der Waals surface area contributed by atoms with E-state index >= 15 is 0 Å². The van der Waals surface area contributed by atoms with Gasteiger partial charge >= 0.3 is 0 Å². The summed E-state index contributed by atoms with van der Waals surface area (Å²) in [6.45, 7) is 6.24. The summed E-state index contributed by atoms with van der Waals surface area (Å²) < 4.78 is 0. The van der Waals surface area contributed by atoms with Gasteiger partial charge in [-0.05, 0) is 36.3 Å². The Bertz CT molecular complexity index is 282. The maximum absolute atomic E-state index is 2.41. The van der Waals surface area contributed by atoms with Gasteiger partial charge in [-0.15, -0.1) is 0 Å². The maximum Gasteiger partial charge on any atom is -0.0162 e. The van der Waals surface area contributed by atoms with Crippen LogP contribution in [0.2, 0.25) is 0 Å². The van der Waals surface area contributed by atoms with Crippen molar-refractivity contribution in [3.63, 3.8) is 0 Å². The van der Waals surface area contributed by atoms with E-state index in [0.717, 1.165) is 5.92 Å². The van der Waals surface area contributed by atoms with Crippen molar-refractivity contribution >= 4 is 0 Å². The lowest BCUT2D eigenvalue weighted by Crippen LogP contribution is -2.04. The van der Waals surface area contributed by atoms with E-state index in [1.807, 2.05) is 13.8 Å². The third-order valence-electron chi connectivity index (χ3n) is 3.44. The second-order valence-corrected chi connectivity index (χ2v) is 4.43. The van der Waals surface area contributed by atoms with E-state index in [-0.39, 0.29) is 0 Å². The predicted octanol–water partition coefficient (Wildman–Crippen LogP) is 5.32. The lowest BCUT2D eigenvalue weighted by molar-refractivity contribution is 0.443. The molecule has 0 bridgehead atoms. The van der Waals surface area contributed by atoms with Gasteiger partial charge in [-0.3, -0.25) is 0 Å². The molecule has 1 aromatic carbocycles. The van der Waals surface area contributed by atoms with E-state index in [9.17, 15) is 0 Å². The van der Waals surface area contributed by atoms with E-state index < -0.39 is 0 Å². The summed E-state index contributed by atoms with van der Waals surface area (Å²) in [6.07, 6.45) is 8.30. The summed E-state index contributed by atoms with van der Waals surface area (Å²) in [7, 11) is 0. The number of hydrogen-bond donors (Lipinski definition) is 0. The Morgan fingerprint density at radius 3 is 2.38 bits per heavy atom. The molecule has 16 heavy (non-hydrogen) atoms. The van der Waals surface area contributed by atoms with Crippen LogP contribution in [0.1, 0.15) is 69.9 Å². The zero-order valence-electron chi connectivity index (χ0n) is 11.1. The molecule has 0 heterocycles. The molecule has 1 aliphatic rings. The smallest absolute Gasteiger partial charge is 0.0162 e. The molecule has 0 amide bonds. The van der Waals surface area contributed by atoms with Gasteiger partial charge in [-0.25, -0.2) is 0 Å². The van der Waals surface area contributed by atoms with Crippen LogP contribution in [-0.4, -0.2) is 0 Å². The minimum Gasteiger partial charge on any atom is -0.0683 e. The number of aryl methyl sites for hydroxylation is 1. The quantitative estimate of drug-likeness (QED) is 0.630. The van der Waals surface area contributed by atoms with Crippen molar-refractivity contribution in [1.82, 2.24) is 0 Å². The van der Waals surface area contributed by atoms with Crippen LogP contribution in [0.15, 0.2) is 24.3 Å². The van der Waals surface area contributed by atoms with Crippen molar-refractivity contribution in [2.24, 2.45) is 0 Å². The lowest BCUT2D eigenvalue weighted by atomic mass is 9.83. The molecule has 1 aromatic rings. The minimum absolute atomic E-state index is 0.857. The zero-order valence-corrected chi connectivity index (χ0v) is 11.1. The molecule has 0 saturated heterocycles. The van der Waals surface area contributed by atoms with Gasteiger partial charge in [0.2, 0.25) is 0 Å². The minimum atomic E-state index is 0.857. The molecule has 0 radical (unpaired) electrons. The molecular weight excluding hydrogens is 192 g/mol. The fourth-order valence-electron chi connectivity index (χ4n) is 2.50. The Labute approximate surface area is 101 Å². The van der Waals surface area contributed by atoms with Gasteiger partial charge in [-0.1, -0.05) is 64.3 Å². The summed E-state index contributed by atoms with van der Waals surface area (Å²) in [5.74, 6) is 0.857. The molecule has 0 aliphatic heterocycles. The first-order chi connectivity index (χ1) is 7.90. The molecule has 0 spiro atoms. The fourth-order valence-corrected chi connectivity index (χ4v) is 2.50. The van der Waals surface area contributed by atoms with Crippen LogP contribution in [0, 0.1) is 0 Å². The van der Waals surface area contributed by atoms with Crippen molar-refractivity contribution in [3.8, 4) is 0 Å². The molecule has 0 aromatic heterocycles. The first kappa shape index (κ1) is 13.3. The summed E-state index contributed by atoms with van der Waals surface area (Å²) in [4.78, 5) is 0. The van der Waals surface area contributed by atoms with Crippen LogP contribution in [0.5, 0.6) is 0 Å². The molecule has 0 heteroatoms. The Morgan fingerprint density at radius 2 is 1.75 bits per heavy atom. The number of rotatable bonds is 2. The lowest BCUT2D eigenvalue weighted by Gasteiger charge is -2.22. The highest BCUT2D eigenvalue weighted by Gasteiger charge is 2.14. The molecule has 1 aliphatic carbocycles. The van der Waals surface area contributed by atoms with E-state index in [2.05, 4.69) is 31.2 Å². The van der Waals surface area contributed by atoms with Gasteiger partial charge in [-0.2, -0.15) is 0 Å².